The summed E-state index contributed by atoms with van der Waals surface area (Å²) in [6.45, 7) is 13.2. The second kappa shape index (κ2) is 15.8. The Bertz CT molecular complexity index is 417. The fourth-order valence-electron chi connectivity index (χ4n) is 4.96. The highest BCUT2D eigenvalue weighted by Gasteiger charge is 2.45. The molecule has 0 amide bonds. The van der Waals surface area contributed by atoms with Crippen molar-refractivity contribution in [3.63, 3.8) is 0 Å². The number of hydrogen-bond acceptors (Lipinski definition) is 2. The summed E-state index contributed by atoms with van der Waals surface area (Å²) in [5.74, 6) is 1.11. The van der Waals surface area contributed by atoms with Gasteiger partial charge in [-0.25, -0.2) is 4.57 Å². The molecule has 0 aromatic carbocycles. The summed E-state index contributed by atoms with van der Waals surface area (Å²) in [7, 11) is -4.57. The quantitative estimate of drug-likeness (QED) is 0.201. The molecule has 0 bridgehead atoms. The van der Waals surface area contributed by atoms with Gasteiger partial charge in [0.15, 0.2) is 0 Å². The summed E-state index contributed by atoms with van der Waals surface area (Å²) in [6.07, 6.45) is 14.6. The molecule has 3 atom stereocenters. The predicted molar refractivity (Wildman–Crippen MR) is 125 cm³/mol. The molecule has 5 heteroatoms. The van der Waals surface area contributed by atoms with E-state index < -0.39 is 13.4 Å². The Morgan fingerprint density at radius 3 is 1.45 bits per heavy atom. The molecule has 0 fully saturated rings. The van der Waals surface area contributed by atoms with Crippen LogP contribution in [0.4, 0.5) is 0 Å². The van der Waals surface area contributed by atoms with Crippen LogP contribution in [0.2, 0.25) is 0 Å². The molecule has 0 saturated carbocycles. The zero-order chi connectivity index (χ0) is 22.3. The van der Waals surface area contributed by atoms with Gasteiger partial charge in [0.05, 0.1) is 5.60 Å². The van der Waals surface area contributed by atoms with Crippen LogP contribution in [-0.2, 0) is 9.09 Å². The van der Waals surface area contributed by atoms with Gasteiger partial charge in [0.2, 0.25) is 0 Å². The van der Waals surface area contributed by atoms with Crippen LogP contribution in [0.1, 0.15) is 131 Å². The van der Waals surface area contributed by atoms with Crippen molar-refractivity contribution in [2.75, 3.05) is 0 Å². The van der Waals surface area contributed by atoms with Gasteiger partial charge in [0.25, 0.3) is 0 Å². The Morgan fingerprint density at radius 1 is 0.724 bits per heavy atom. The van der Waals surface area contributed by atoms with E-state index in [-0.39, 0.29) is 5.92 Å². The Morgan fingerprint density at radius 2 is 1.14 bits per heavy atom. The van der Waals surface area contributed by atoms with E-state index in [4.69, 9.17) is 4.52 Å². The van der Waals surface area contributed by atoms with Gasteiger partial charge in [-0.05, 0) is 37.0 Å². The number of phosphoric ester groups is 1. The minimum absolute atomic E-state index is 0.196. The van der Waals surface area contributed by atoms with Crippen molar-refractivity contribution in [3.05, 3.63) is 0 Å². The molecule has 4 nitrogen and oxygen atoms in total. The van der Waals surface area contributed by atoms with Crippen LogP contribution in [0, 0.1) is 17.8 Å². The third-order valence-electron chi connectivity index (χ3n) is 6.80. The Labute approximate surface area is 181 Å². The van der Waals surface area contributed by atoms with E-state index in [1.54, 1.807) is 0 Å². The molecule has 0 saturated heterocycles. The molecule has 29 heavy (non-hydrogen) atoms. The lowest BCUT2D eigenvalue weighted by Crippen LogP contribution is -2.44. The molecular weight excluding hydrogens is 383 g/mol. The molecule has 176 valence electrons. The number of rotatable bonds is 19. The monoisotopic (exact) mass is 434 g/mol. The van der Waals surface area contributed by atoms with Gasteiger partial charge < -0.3 is 9.79 Å². The first kappa shape index (κ1) is 29.1. The first-order valence-electron chi connectivity index (χ1n) is 12.5. The normalized spacial score (nSPS) is 17.7. The molecule has 0 radical (unpaired) electrons. The third kappa shape index (κ3) is 11.9. The zero-order valence-electron chi connectivity index (χ0n) is 20.3. The SMILES string of the molecule is CCCCC(CC)CC(CC(CC)CCCC)(OP(=O)(O)O)C(CC)CCCC. The van der Waals surface area contributed by atoms with E-state index in [1.165, 1.54) is 12.8 Å². The number of unbranched alkanes of at least 4 members (excludes halogenated alkanes) is 3. The highest BCUT2D eigenvalue weighted by atomic mass is 31.2. The van der Waals surface area contributed by atoms with Gasteiger partial charge in [-0.15, -0.1) is 0 Å². The first-order valence-corrected chi connectivity index (χ1v) is 14.0. The lowest BCUT2D eigenvalue weighted by molar-refractivity contribution is -0.0601. The van der Waals surface area contributed by atoms with Gasteiger partial charge in [-0.1, -0.05) is 112 Å². The molecule has 0 aliphatic carbocycles. The van der Waals surface area contributed by atoms with E-state index in [9.17, 15) is 14.4 Å². The molecule has 0 spiro atoms. The smallest absolute Gasteiger partial charge is 0.303 e. The van der Waals surface area contributed by atoms with Crippen molar-refractivity contribution < 1.29 is 18.9 Å². The largest absolute Gasteiger partial charge is 0.470 e. The fourth-order valence-corrected chi connectivity index (χ4v) is 5.73. The Kier molecular flexibility index (Phi) is 15.9. The van der Waals surface area contributed by atoms with Crippen LogP contribution in [0.5, 0.6) is 0 Å². The lowest BCUT2D eigenvalue weighted by Gasteiger charge is -2.44. The third-order valence-corrected chi connectivity index (χ3v) is 7.40. The first-order chi connectivity index (χ1) is 13.7. The highest BCUT2D eigenvalue weighted by molar-refractivity contribution is 7.46. The molecule has 0 aromatic rings. The van der Waals surface area contributed by atoms with Crippen LogP contribution >= 0.6 is 7.82 Å². The maximum Gasteiger partial charge on any atom is 0.470 e. The van der Waals surface area contributed by atoms with E-state index in [0.717, 1.165) is 77.0 Å². The highest BCUT2D eigenvalue weighted by Crippen LogP contribution is 2.52. The average molecular weight is 435 g/mol. The van der Waals surface area contributed by atoms with Crippen molar-refractivity contribution in [3.8, 4) is 0 Å². The molecule has 0 heterocycles. The molecule has 2 N–H and O–H groups in total. The summed E-state index contributed by atoms with van der Waals surface area (Å²) in [6, 6.07) is 0. The van der Waals surface area contributed by atoms with E-state index in [2.05, 4.69) is 41.5 Å². The second-order valence-corrected chi connectivity index (χ2v) is 10.3. The molecule has 3 unspecified atom stereocenters. The molecular formula is C24H51O4P. The van der Waals surface area contributed by atoms with E-state index in [1.807, 2.05) is 0 Å². The molecule has 0 aliphatic rings. The van der Waals surface area contributed by atoms with E-state index >= 15 is 0 Å². The van der Waals surface area contributed by atoms with Crippen LogP contribution in [0.15, 0.2) is 0 Å². The average Bonchev–Trinajstić information content (AvgIpc) is 2.67. The van der Waals surface area contributed by atoms with Gasteiger partial charge in [-0.2, -0.15) is 0 Å². The van der Waals surface area contributed by atoms with Gasteiger partial charge in [0, 0.05) is 0 Å². The van der Waals surface area contributed by atoms with Crippen LogP contribution < -0.4 is 0 Å². The minimum Gasteiger partial charge on any atom is -0.303 e. The van der Waals surface area contributed by atoms with Crippen molar-refractivity contribution in [2.24, 2.45) is 17.8 Å². The Balaban J connectivity index is 6.02. The van der Waals surface area contributed by atoms with Crippen LogP contribution in [-0.4, -0.2) is 15.4 Å². The molecule has 0 aliphatic heterocycles. The van der Waals surface area contributed by atoms with Gasteiger partial charge >= 0.3 is 7.82 Å². The summed E-state index contributed by atoms with van der Waals surface area (Å²) in [5, 5.41) is 0. The summed E-state index contributed by atoms with van der Waals surface area (Å²) in [4.78, 5) is 19.9. The predicted octanol–water partition coefficient (Wildman–Crippen LogP) is 8.26. The fraction of sp³-hybridized carbons (Fsp3) is 1.00. The second-order valence-electron chi connectivity index (χ2n) is 9.14. The molecule has 0 aromatic heterocycles. The standard InChI is InChI=1S/C24H51O4P/c1-7-13-16-21(10-4)19-24(28-29(25,26)27,23(12-6)18-15-9-3)20-22(11-5)17-14-8-2/h21-23H,7-20H2,1-6H3,(H2,25,26,27). The minimum atomic E-state index is -4.57. The van der Waals surface area contributed by atoms with Crippen molar-refractivity contribution in [1.29, 1.82) is 0 Å². The lowest BCUT2D eigenvalue weighted by atomic mass is 9.70. The summed E-state index contributed by atoms with van der Waals surface area (Å²) in [5.41, 5.74) is -0.716. The topological polar surface area (TPSA) is 66.8 Å². The number of hydrogen-bond donors (Lipinski definition) is 2. The molecule has 0 rings (SSSR count). The number of phosphoric acid groups is 1. The van der Waals surface area contributed by atoms with E-state index in [0.29, 0.717) is 11.8 Å². The summed E-state index contributed by atoms with van der Waals surface area (Å²) < 4.78 is 18.0. The maximum atomic E-state index is 12.2. The van der Waals surface area contributed by atoms with Crippen LogP contribution in [0.3, 0.4) is 0 Å². The van der Waals surface area contributed by atoms with Crippen molar-refractivity contribution in [2.45, 2.75) is 137 Å². The summed E-state index contributed by atoms with van der Waals surface area (Å²) >= 11 is 0. The maximum absolute atomic E-state index is 12.2. The zero-order valence-corrected chi connectivity index (χ0v) is 21.2. The Hall–Kier alpha value is 0.110. The van der Waals surface area contributed by atoms with Crippen LogP contribution in [0.25, 0.3) is 0 Å². The van der Waals surface area contributed by atoms with Gasteiger partial charge in [0.1, 0.15) is 0 Å². The van der Waals surface area contributed by atoms with Crippen molar-refractivity contribution >= 4 is 7.82 Å². The van der Waals surface area contributed by atoms with Gasteiger partial charge in [-0.3, -0.25) is 4.52 Å². The van der Waals surface area contributed by atoms with Crippen molar-refractivity contribution in [1.82, 2.24) is 0 Å².